The zero-order chi connectivity index (χ0) is 21.0. The monoisotopic (exact) mass is 462 g/mol. The number of hydrogen-bond donors (Lipinski definition) is 0. The molecule has 1 amide bonds. The number of ether oxygens (including phenoxy) is 1. The van der Waals surface area contributed by atoms with Gasteiger partial charge in [-0.25, -0.2) is 8.42 Å². The van der Waals surface area contributed by atoms with Crippen LogP contribution in [-0.4, -0.2) is 56.3 Å². The number of sulfonamides is 1. The molecule has 2 aromatic rings. The fourth-order valence-corrected chi connectivity index (χ4v) is 5.86. The number of para-hydroxylation sites is 1. The highest BCUT2D eigenvalue weighted by Crippen LogP contribution is 2.28. The maximum atomic E-state index is 12.6. The Morgan fingerprint density at radius 3 is 2.45 bits per heavy atom. The number of benzene rings is 1. The van der Waals surface area contributed by atoms with Crippen LogP contribution < -0.4 is 4.74 Å². The summed E-state index contributed by atoms with van der Waals surface area (Å²) in [6.45, 7) is -2.22. The zero-order valence-electron chi connectivity index (χ0n) is 15.0. The van der Waals surface area contributed by atoms with Crippen molar-refractivity contribution in [3.8, 4) is 5.75 Å². The van der Waals surface area contributed by atoms with Crippen molar-refractivity contribution in [3.63, 3.8) is 0 Å². The topological polar surface area (TPSA) is 66.9 Å². The number of nitrogens with zero attached hydrogens (tertiary/aromatic N) is 2. The van der Waals surface area contributed by atoms with E-state index in [9.17, 15) is 22.0 Å². The average molecular weight is 463 g/mol. The van der Waals surface area contributed by atoms with Crippen molar-refractivity contribution in [2.75, 3.05) is 26.2 Å². The van der Waals surface area contributed by atoms with Crippen LogP contribution in [0.4, 0.5) is 8.78 Å². The smallest absolute Gasteiger partial charge is 0.387 e. The lowest BCUT2D eigenvalue weighted by Gasteiger charge is -2.33. The van der Waals surface area contributed by atoms with E-state index in [0.717, 1.165) is 11.3 Å². The Balaban J connectivity index is 1.61. The van der Waals surface area contributed by atoms with Crippen LogP contribution in [0.15, 0.2) is 46.7 Å². The quantitative estimate of drug-likeness (QED) is 0.616. The molecule has 0 atom stereocenters. The maximum absolute atomic E-state index is 12.6. The standard InChI is InChI=1S/C18H17ClF2N2O4S2/c19-15-6-8-17(28-15)29(25,26)23-11-9-22(10-12-23)16(24)7-5-13-3-1-2-4-14(13)27-18(20)21/h1-8,18H,9-12H2/b7-5+. The molecule has 2 heterocycles. The van der Waals surface area contributed by atoms with Crippen LogP contribution in [0.1, 0.15) is 5.56 Å². The molecule has 1 saturated heterocycles. The molecule has 11 heteroatoms. The van der Waals surface area contributed by atoms with Crippen LogP contribution >= 0.6 is 22.9 Å². The van der Waals surface area contributed by atoms with Gasteiger partial charge in [0.1, 0.15) is 9.96 Å². The molecule has 0 spiro atoms. The van der Waals surface area contributed by atoms with Crippen LogP contribution in [0.25, 0.3) is 6.08 Å². The maximum Gasteiger partial charge on any atom is 0.387 e. The van der Waals surface area contributed by atoms with E-state index in [1.165, 1.54) is 39.6 Å². The third kappa shape index (κ3) is 5.33. The van der Waals surface area contributed by atoms with Crippen molar-refractivity contribution < 1.29 is 26.7 Å². The number of carbonyl (C=O) groups is 1. The Labute approximate surface area is 176 Å². The number of halogens is 3. The molecule has 0 radical (unpaired) electrons. The molecule has 0 saturated carbocycles. The average Bonchev–Trinajstić information content (AvgIpc) is 3.14. The Morgan fingerprint density at radius 1 is 1.14 bits per heavy atom. The number of piperazine rings is 1. The molecule has 1 aromatic heterocycles. The first kappa shape index (κ1) is 21.7. The SMILES string of the molecule is O=C(/C=C/c1ccccc1OC(F)F)N1CCN(S(=O)(=O)c2ccc(Cl)s2)CC1. The summed E-state index contributed by atoms with van der Waals surface area (Å²) in [7, 11) is -3.64. The largest absolute Gasteiger partial charge is 0.434 e. The second-order valence-electron chi connectivity index (χ2n) is 6.04. The van der Waals surface area contributed by atoms with Gasteiger partial charge in [0.2, 0.25) is 5.91 Å². The number of rotatable bonds is 6. The Kier molecular flexibility index (Phi) is 6.89. The van der Waals surface area contributed by atoms with Crippen molar-refractivity contribution in [1.82, 2.24) is 9.21 Å². The first-order chi connectivity index (χ1) is 13.8. The zero-order valence-corrected chi connectivity index (χ0v) is 17.4. The van der Waals surface area contributed by atoms with Crippen molar-refractivity contribution in [3.05, 3.63) is 52.4 Å². The molecule has 0 unspecified atom stereocenters. The molecule has 6 nitrogen and oxygen atoms in total. The summed E-state index contributed by atoms with van der Waals surface area (Å²) in [5.41, 5.74) is 0.344. The van der Waals surface area contributed by atoms with Gasteiger partial charge in [0.15, 0.2) is 0 Å². The van der Waals surface area contributed by atoms with Gasteiger partial charge in [-0.05, 0) is 24.3 Å². The fourth-order valence-electron chi connectivity index (χ4n) is 2.80. The fraction of sp³-hybridized carbons (Fsp3) is 0.278. The van der Waals surface area contributed by atoms with Crippen molar-refractivity contribution in [1.29, 1.82) is 0 Å². The first-order valence-electron chi connectivity index (χ1n) is 8.53. The van der Waals surface area contributed by atoms with Crippen LogP contribution in [0.5, 0.6) is 5.75 Å². The lowest BCUT2D eigenvalue weighted by atomic mass is 10.2. The normalized spacial score (nSPS) is 15.9. The van der Waals surface area contributed by atoms with Crippen molar-refractivity contribution in [2.24, 2.45) is 0 Å². The van der Waals surface area contributed by atoms with Crippen LogP contribution in [0, 0.1) is 0 Å². The molecule has 1 aliphatic heterocycles. The first-order valence-corrected chi connectivity index (χ1v) is 11.2. The van der Waals surface area contributed by atoms with E-state index >= 15 is 0 Å². The van der Waals surface area contributed by atoms with Gasteiger partial charge in [-0.3, -0.25) is 4.79 Å². The number of hydrogen-bond acceptors (Lipinski definition) is 5. The van der Waals surface area contributed by atoms with Gasteiger partial charge in [-0.1, -0.05) is 29.8 Å². The number of amides is 1. The summed E-state index contributed by atoms with van der Waals surface area (Å²) in [5.74, 6) is -0.370. The van der Waals surface area contributed by atoms with E-state index in [-0.39, 0.29) is 42.0 Å². The van der Waals surface area contributed by atoms with Crippen molar-refractivity contribution in [2.45, 2.75) is 10.8 Å². The van der Waals surface area contributed by atoms with E-state index in [0.29, 0.717) is 9.90 Å². The van der Waals surface area contributed by atoms with Gasteiger partial charge in [0.05, 0.1) is 4.34 Å². The minimum Gasteiger partial charge on any atom is -0.434 e. The highest BCUT2D eigenvalue weighted by Gasteiger charge is 2.30. The lowest BCUT2D eigenvalue weighted by molar-refractivity contribution is -0.127. The van der Waals surface area contributed by atoms with E-state index in [1.54, 1.807) is 18.2 Å². The minimum atomic E-state index is -3.64. The van der Waals surface area contributed by atoms with Gasteiger partial charge in [-0.15, -0.1) is 11.3 Å². The molecule has 3 rings (SSSR count). The lowest BCUT2D eigenvalue weighted by Crippen LogP contribution is -2.50. The van der Waals surface area contributed by atoms with Gasteiger partial charge in [0, 0.05) is 37.8 Å². The van der Waals surface area contributed by atoms with E-state index < -0.39 is 16.6 Å². The Morgan fingerprint density at radius 2 is 1.83 bits per heavy atom. The molecular formula is C18H17ClF2N2O4S2. The highest BCUT2D eigenvalue weighted by atomic mass is 35.5. The molecular weight excluding hydrogens is 446 g/mol. The number of thiophene rings is 1. The molecule has 0 N–H and O–H groups in total. The van der Waals surface area contributed by atoms with E-state index in [4.69, 9.17) is 11.6 Å². The second-order valence-corrected chi connectivity index (χ2v) is 9.92. The van der Waals surface area contributed by atoms with Gasteiger partial charge >= 0.3 is 6.61 Å². The number of alkyl halides is 2. The predicted molar refractivity (Wildman–Crippen MR) is 107 cm³/mol. The molecule has 1 fully saturated rings. The summed E-state index contributed by atoms with van der Waals surface area (Å²) in [6.07, 6.45) is 2.66. The molecule has 1 aromatic carbocycles. The Hall–Kier alpha value is -2.01. The van der Waals surface area contributed by atoms with Gasteiger partial charge < -0.3 is 9.64 Å². The van der Waals surface area contributed by atoms with E-state index in [1.807, 2.05) is 0 Å². The van der Waals surface area contributed by atoms with Crippen LogP contribution in [0.3, 0.4) is 0 Å². The van der Waals surface area contributed by atoms with Crippen LogP contribution in [-0.2, 0) is 14.8 Å². The third-order valence-electron chi connectivity index (χ3n) is 4.23. The highest BCUT2D eigenvalue weighted by molar-refractivity contribution is 7.91. The second kappa shape index (κ2) is 9.21. The predicted octanol–water partition coefficient (Wildman–Crippen LogP) is 3.55. The van der Waals surface area contributed by atoms with Crippen molar-refractivity contribution >= 4 is 44.9 Å². The molecule has 0 aliphatic carbocycles. The number of carbonyl (C=O) groups excluding carboxylic acids is 1. The molecule has 29 heavy (non-hydrogen) atoms. The van der Waals surface area contributed by atoms with Gasteiger partial charge in [0.25, 0.3) is 10.0 Å². The summed E-state index contributed by atoms with van der Waals surface area (Å²) >= 11 is 6.80. The summed E-state index contributed by atoms with van der Waals surface area (Å²) < 4.78 is 56.4. The van der Waals surface area contributed by atoms with Gasteiger partial charge in [-0.2, -0.15) is 13.1 Å². The van der Waals surface area contributed by atoms with E-state index in [2.05, 4.69) is 4.74 Å². The third-order valence-corrected chi connectivity index (χ3v) is 7.83. The summed E-state index contributed by atoms with van der Waals surface area (Å²) in [5, 5.41) is 0. The van der Waals surface area contributed by atoms with Crippen LogP contribution in [0.2, 0.25) is 4.34 Å². The minimum absolute atomic E-state index is 0.0305. The summed E-state index contributed by atoms with van der Waals surface area (Å²) in [6, 6.07) is 9.12. The molecule has 1 aliphatic rings. The molecule has 156 valence electrons. The Bertz CT molecular complexity index is 1000. The molecule has 0 bridgehead atoms. The summed E-state index contributed by atoms with van der Waals surface area (Å²) in [4.78, 5) is 13.9.